The molecule has 0 saturated carbocycles. The molecule has 1 atom stereocenters. The molecule has 4 N–H and O–H groups in total. The van der Waals surface area contributed by atoms with Crippen molar-refractivity contribution in [3.63, 3.8) is 0 Å². The number of nitrogens with zero attached hydrogens (tertiary/aromatic N) is 1. The second-order valence-electron chi connectivity index (χ2n) is 2.31. The Hall–Kier alpha value is -0.460. The maximum Gasteiger partial charge on any atom is 0.219 e. The van der Waals surface area contributed by atoms with Crippen LogP contribution >= 0.6 is 27.5 Å². The number of amides is 1. The van der Waals surface area contributed by atoms with E-state index >= 15 is 0 Å². The van der Waals surface area contributed by atoms with Crippen LogP contribution in [0.2, 0.25) is 0 Å². The van der Waals surface area contributed by atoms with E-state index in [4.69, 9.17) is 11.5 Å². The van der Waals surface area contributed by atoms with Crippen molar-refractivity contribution < 1.29 is 4.79 Å². The molecule has 0 fully saturated rings. The molecule has 0 bridgehead atoms. The molecule has 1 heterocycles. The molecule has 1 rings (SSSR count). The third-order valence-corrected chi connectivity index (χ3v) is 3.13. The highest BCUT2D eigenvalue weighted by atomic mass is 79.9. The van der Waals surface area contributed by atoms with Gasteiger partial charge in [-0.2, -0.15) is 4.37 Å². The summed E-state index contributed by atoms with van der Waals surface area (Å²) in [6.07, 6.45) is 1.81. The second kappa shape index (κ2) is 3.97. The van der Waals surface area contributed by atoms with Gasteiger partial charge < -0.3 is 11.5 Å². The molecule has 66 valence electrons. The van der Waals surface area contributed by atoms with Crippen LogP contribution in [0.5, 0.6) is 0 Å². The molecule has 0 aliphatic heterocycles. The summed E-state index contributed by atoms with van der Waals surface area (Å²) in [7, 11) is 0. The van der Waals surface area contributed by atoms with Gasteiger partial charge in [0.25, 0.3) is 0 Å². The van der Waals surface area contributed by atoms with E-state index < -0.39 is 5.91 Å². The fourth-order valence-electron chi connectivity index (χ4n) is 0.791. The Labute approximate surface area is 82.2 Å². The minimum absolute atomic E-state index is 0.154. The fourth-order valence-corrected chi connectivity index (χ4v) is 2.17. The van der Waals surface area contributed by atoms with Crippen LogP contribution in [0, 0.1) is 0 Å². The average Bonchev–Trinajstić information content (AvgIpc) is 2.33. The number of halogens is 1. The molecule has 0 saturated heterocycles. The Kier molecular flexibility index (Phi) is 3.19. The van der Waals surface area contributed by atoms with E-state index in [1.807, 2.05) is 0 Å². The zero-order valence-electron chi connectivity index (χ0n) is 6.16. The van der Waals surface area contributed by atoms with Crippen molar-refractivity contribution >= 4 is 33.4 Å². The molecule has 0 aromatic carbocycles. The van der Waals surface area contributed by atoms with E-state index in [-0.39, 0.29) is 12.5 Å². The van der Waals surface area contributed by atoms with Crippen molar-refractivity contribution in [2.45, 2.75) is 12.5 Å². The third kappa shape index (κ3) is 2.26. The number of rotatable bonds is 3. The van der Waals surface area contributed by atoms with Gasteiger partial charge in [0.1, 0.15) is 0 Å². The van der Waals surface area contributed by atoms with Gasteiger partial charge in [0.2, 0.25) is 5.91 Å². The van der Waals surface area contributed by atoms with Gasteiger partial charge in [-0.05, 0) is 27.5 Å². The molecule has 0 aliphatic rings. The zero-order chi connectivity index (χ0) is 9.14. The number of primary amides is 1. The number of nitrogens with two attached hydrogens (primary N) is 2. The molecule has 6 heteroatoms. The van der Waals surface area contributed by atoms with Crippen LogP contribution in [0.15, 0.2) is 10.7 Å². The van der Waals surface area contributed by atoms with Gasteiger partial charge in [0.15, 0.2) is 0 Å². The lowest BCUT2D eigenvalue weighted by Crippen LogP contribution is -2.20. The van der Waals surface area contributed by atoms with Crippen molar-refractivity contribution in [2.24, 2.45) is 11.5 Å². The summed E-state index contributed by atoms with van der Waals surface area (Å²) < 4.78 is 4.75. The normalized spacial score (nSPS) is 12.8. The van der Waals surface area contributed by atoms with Gasteiger partial charge in [0.05, 0.1) is 21.6 Å². The van der Waals surface area contributed by atoms with Gasteiger partial charge in [-0.3, -0.25) is 4.79 Å². The van der Waals surface area contributed by atoms with Crippen molar-refractivity contribution in [2.75, 3.05) is 0 Å². The van der Waals surface area contributed by atoms with Crippen molar-refractivity contribution in [3.8, 4) is 0 Å². The minimum atomic E-state index is -0.400. The number of hydrogen-bond acceptors (Lipinski definition) is 4. The summed E-state index contributed by atoms with van der Waals surface area (Å²) in [5.74, 6) is -0.400. The SMILES string of the molecule is NC(=O)C[C@H](N)c1sncc1Br. The van der Waals surface area contributed by atoms with Crippen molar-refractivity contribution in [1.29, 1.82) is 0 Å². The summed E-state index contributed by atoms with van der Waals surface area (Å²) in [6.45, 7) is 0. The predicted molar refractivity (Wildman–Crippen MR) is 50.6 cm³/mol. The molecule has 0 unspecified atom stereocenters. The lowest BCUT2D eigenvalue weighted by Gasteiger charge is -2.05. The fraction of sp³-hybridized carbons (Fsp3) is 0.333. The summed E-state index contributed by atoms with van der Waals surface area (Å²) >= 11 is 4.54. The number of aromatic nitrogens is 1. The Bertz CT molecular complexity index is 288. The van der Waals surface area contributed by atoms with Crippen LogP contribution in [-0.4, -0.2) is 10.3 Å². The van der Waals surface area contributed by atoms with Crippen LogP contribution < -0.4 is 11.5 Å². The number of carbonyl (C=O) groups is 1. The number of carbonyl (C=O) groups excluding carboxylic acids is 1. The Morgan fingerprint density at radius 1 is 1.83 bits per heavy atom. The topological polar surface area (TPSA) is 82.0 Å². The molecule has 0 aliphatic carbocycles. The van der Waals surface area contributed by atoms with Gasteiger partial charge >= 0.3 is 0 Å². The van der Waals surface area contributed by atoms with Crippen LogP contribution in [0.4, 0.5) is 0 Å². The van der Waals surface area contributed by atoms with E-state index in [1.165, 1.54) is 11.5 Å². The van der Waals surface area contributed by atoms with Gasteiger partial charge in [0, 0.05) is 6.42 Å². The van der Waals surface area contributed by atoms with Crippen LogP contribution in [0.1, 0.15) is 17.3 Å². The third-order valence-electron chi connectivity index (χ3n) is 1.31. The highest BCUT2D eigenvalue weighted by Gasteiger charge is 2.14. The van der Waals surface area contributed by atoms with Crippen molar-refractivity contribution in [3.05, 3.63) is 15.5 Å². The summed E-state index contributed by atoms with van der Waals surface area (Å²) in [5, 5.41) is 0. The van der Waals surface area contributed by atoms with Crippen LogP contribution in [0.25, 0.3) is 0 Å². The first-order valence-electron chi connectivity index (χ1n) is 3.25. The molecule has 1 aromatic rings. The van der Waals surface area contributed by atoms with E-state index in [1.54, 1.807) is 6.20 Å². The molecule has 1 amide bonds. The monoisotopic (exact) mass is 249 g/mol. The maximum absolute atomic E-state index is 10.5. The van der Waals surface area contributed by atoms with E-state index in [9.17, 15) is 4.79 Å². The molecular formula is C6H8BrN3OS. The lowest BCUT2D eigenvalue weighted by molar-refractivity contribution is -0.118. The zero-order valence-corrected chi connectivity index (χ0v) is 8.56. The first-order valence-corrected chi connectivity index (χ1v) is 4.82. The molecule has 1 aromatic heterocycles. The number of hydrogen-bond donors (Lipinski definition) is 2. The maximum atomic E-state index is 10.5. The average molecular weight is 250 g/mol. The highest BCUT2D eigenvalue weighted by molar-refractivity contribution is 9.10. The van der Waals surface area contributed by atoms with E-state index in [2.05, 4.69) is 20.3 Å². The molecule has 0 spiro atoms. The highest BCUT2D eigenvalue weighted by Crippen LogP contribution is 2.26. The largest absolute Gasteiger partial charge is 0.370 e. The first-order chi connectivity index (χ1) is 5.61. The van der Waals surface area contributed by atoms with Gasteiger partial charge in [-0.15, -0.1) is 0 Å². The predicted octanol–water partition coefficient (Wildman–Crippen LogP) is 0.781. The van der Waals surface area contributed by atoms with Gasteiger partial charge in [-0.1, -0.05) is 0 Å². The van der Waals surface area contributed by atoms with Crippen LogP contribution in [-0.2, 0) is 4.79 Å². The summed E-state index contributed by atoms with van der Waals surface area (Å²) in [6, 6.07) is -0.343. The second-order valence-corrected chi connectivity index (χ2v) is 4.00. The standard InChI is InChI=1S/C6H8BrN3OS/c7-3-2-10-12-6(3)4(8)1-5(9)11/h2,4H,1,8H2,(H2,9,11)/t4-/m0/s1. The van der Waals surface area contributed by atoms with E-state index in [0.29, 0.717) is 0 Å². The molecule has 4 nitrogen and oxygen atoms in total. The molecule has 12 heavy (non-hydrogen) atoms. The Morgan fingerprint density at radius 3 is 2.92 bits per heavy atom. The minimum Gasteiger partial charge on any atom is -0.370 e. The van der Waals surface area contributed by atoms with Crippen LogP contribution in [0.3, 0.4) is 0 Å². The quantitative estimate of drug-likeness (QED) is 0.831. The summed E-state index contributed by atoms with van der Waals surface area (Å²) in [4.78, 5) is 11.4. The van der Waals surface area contributed by atoms with Gasteiger partial charge in [-0.25, -0.2) is 0 Å². The molecule has 0 radical (unpaired) electrons. The summed E-state index contributed by atoms with van der Waals surface area (Å²) in [5.41, 5.74) is 10.7. The van der Waals surface area contributed by atoms with Crippen molar-refractivity contribution in [1.82, 2.24) is 4.37 Å². The Balaban J connectivity index is 2.71. The smallest absolute Gasteiger partial charge is 0.219 e. The van der Waals surface area contributed by atoms with E-state index in [0.717, 1.165) is 9.35 Å². The Morgan fingerprint density at radius 2 is 2.50 bits per heavy atom. The first kappa shape index (κ1) is 9.63. The molecular weight excluding hydrogens is 242 g/mol. The lowest BCUT2D eigenvalue weighted by atomic mass is 10.2.